The molecule has 0 aromatic carbocycles. The highest BCUT2D eigenvalue weighted by Crippen LogP contribution is 2.14. The summed E-state index contributed by atoms with van der Waals surface area (Å²) in [4.78, 5) is 10.4. The van der Waals surface area contributed by atoms with Crippen LogP contribution in [0.3, 0.4) is 0 Å². The van der Waals surface area contributed by atoms with Gasteiger partial charge in [0.15, 0.2) is 0 Å². The molecule has 0 saturated carbocycles. The highest BCUT2D eigenvalue weighted by molar-refractivity contribution is 7.86. The molecule has 0 N–H and O–H groups in total. The zero-order chi connectivity index (χ0) is 10.8. The lowest BCUT2D eigenvalue weighted by molar-refractivity contribution is -0.111. The van der Waals surface area contributed by atoms with E-state index in [0.717, 1.165) is 6.26 Å². The molecule has 0 aliphatic carbocycles. The van der Waals surface area contributed by atoms with Gasteiger partial charge < -0.3 is 8.71 Å². The van der Waals surface area contributed by atoms with Gasteiger partial charge in [-0.3, -0.25) is 4.79 Å². The Bertz CT molecular complexity index is 437. The Morgan fingerprint density at radius 2 is 2.36 bits per heavy atom. The first-order valence-corrected chi connectivity index (χ1v) is 5.59. The lowest BCUT2D eigenvalue weighted by Crippen LogP contribution is -2.05. The Kier molecular flexibility index (Phi) is 3.12. The largest absolute Gasteiger partial charge is 0.358 e. The third kappa shape index (κ3) is 3.75. The molecule has 1 rings (SSSR count). The summed E-state index contributed by atoms with van der Waals surface area (Å²) in [6.07, 6.45) is 0.704. The summed E-state index contributed by atoms with van der Waals surface area (Å²) in [5.41, 5.74) is 0. The van der Waals surface area contributed by atoms with Crippen LogP contribution in [0, 0.1) is 0 Å². The maximum absolute atomic E-state index is 10.6. The van der Waals surface area contributed by atoms with Crippen LogP contribution in [0.25, 0.3) is 0 Å². The molecule has 0 bridgehead atoms. The van der Waals surface area contributed by atoms with Crippen LogP contribution < -0.4 is 4.18 Å². The summed E-state index contributed by atoms with van der Waals surface area (Å²) in [5.74, 6) is -0.0796. The van der Waals surface area contributed by atoms with Crippen LogP contribution in [0.5, 0.6) is 5.88 Å². The van der Waals surface area contributed by atoms with Gasteiger partial charge in [-0.25, -0.2) is 0 Å². The molecule has 0 spiro atoms. The molecule has 8 heteroatoms. The third-order valence-corrected chi connectivity index (χ3v) is 1.69. The van der Waals surface area contributed by atoms with Gasteiger partial charge in [-0.2, -0.15) is 8.42 Å². The van der Waals surface area contributed by atoms with Gasteiger partial charge in [0.25, 0.3) is 5.88 Å². The van der Waals surface area contributed by atoms with Gasteiger partial charge in [-0.1, -0.05) is 0 Å². The fourth-order valence-electron chi connectivity index (χ4n) is 0.709. The Morgan fingerprint density at radius 3 is 2.86 bits per heavy atom. The van der Waals surface area contributed by atoms with Gasteiger partial charge in [0.2, 0.25) is 5.24 Å². The molecule has 0 radical (unpaired) electrons. The zero-order valence-corrected chi connectivity index (χ0v) is 8.63. The fraction of sp³-hybridized carbons (Fsp3) is 0.333. The van der Waals surface area contributed by atoms with Crippen molar-refractivity contribution in [3.63, 3.8) is 0 Å². The molecular formula is C6H6ClNO5S. The number of rotatable bonds is 4. The van der Waals surface area contributed by atoms with Crippen molar-refractivity contribution in [2.75, 3.05) is 6.26 Å². The maximum Gasteiger partial charge on any atom is 0.307 e. The Labute approximate surface area is 84.9 Å². The molecule has 0 amide bonds. The summed E-state index contributed by atoms with van der Waals surface area (Å²) in [7, 11) is -3.63. The second-order valence-electron chi connectivity index (χ2n) is 2.45. The van der Waals surface area contributed by atoms with Crippen molar-refractivity contribution in [2.45, 2.75) is 6.42 Å². The molecular weight excluding hydrogens is 234 g/mol. The molecule has 0 unspecified atom stereocenters. The molecule has 78 valence electrons. The van der Waals surface area contributed by atoms with Crippen LogP contribution in [-0.2, 0) is 21.3 Å². The molecule has 14 heavy (non-hydrogen) atoms. The first-order chi connectivity index (χ1) is 6.37. The first kappa shape index (κ1) is 11.0. The molecule has 0 saturated heterocycles. The van der Waals surface area contributed by atoms with Crippen LogP contribution in [0.2, 0.25) is 0 Å². The fourth-order valence-corrected chi connectivity index (χ4v) is 1.23. The summed E-state index contributed by atoms with van der Waals surface area (Å²) in [5, 5.41) is 2.63. The van der Waals surface area contributed by atoms with Crippen molar-refractivity contribution in [1.29, 1.82) is 0 Å². The molecule has 0 fully saturated rings. The number of carbonyl (C=O) groups excluding carboxylic acids is 1. The number of halogens is 1. The van der Waals surface area contributed by atoms with E-state index in [2.05, 4.69) is 13.9 Å². The first-order valence-electron chi connectivity index (χ1n) is 3.40. The number of hydrogen-bond acceptors (Lipinski definition) is 6. The molecule has 1 aromatic rings. The Hall–Kier alpha value is -1.08. The van der Waals surface area contributed by atoms with Crippen LogP contribution in [0.15, 0.2) is 10.6 Å². The van der Waals surface area contributed by atoms with Crippen molar-refractivity contribution in [3.05, 3.63) is 11.8 Å². The van der Waals surface area contributed by atoms with Gasteiger partial charge in [0.1, 0.15) is 5.76 Å². The second-order valence-corrected chi connectivity index (χ2v) is 4.45. The molecule has 1 aromatic heterocycles. The Morgan fingerprint density at radius 1 is 1.71 bits per heavy atom. The van der Waals surface area contributed by atoms with Crippen LogP contribution >= 0.6 is 11.6 Å². The van der Waals surface area contributed by atoms with E-state index >= 15 is 0 Å². The van der Waals surface area contributed by atoms with Crippen molar-refractivity contribution in [3.8, 4) is 5.88 Å². The summed E-state index contributed by atoms with van der Waals surface area (Å²) in [6.45, 7) is 0. The van der Waals surface area contributed by atoms with Gasteiger partial charge in [0, 0.05) is 6.07 Å². The second kappa shape index (κ2) is 3.97. The summed E-state index contributed by atoms with van der Waals surface area (Å²) < 4.78 is 30.2. The highest BCUT2D eigenvalue weighted by Gasteiger charge is 2.12. The highest BCUT2D eigenvalue weighted by atomic mass is 35.5. The minimum absolute atomic E-state index is 0.142. The van der Waals surface area contributed by atoms with E-state index < -0.39 is 15.4 Å². The van der Waals surface area contributed by atoms with E-state index in [1.165, 1.54) is 6.07 Å². The van der Waals surface area contributed by atoms with Gasteiger partial charge in [-0.05, 0) is 16.8 Å². The van der Waals surface area contributed by atoms with Crippen molar-refractivity contribution >= 4 is 27.0 Å². The Balaban J connectivity index is 2.74. The molecule has 0 atom stereocenters. The van der Waals surface area contributed by atoms with Crippen LogP contribution in [0.1, 0.15) is 5.76 Å². The van der Waals surface area contributed by atoms with Gasteiger partial charge >= 0.3 is 10.1 Å². The quantitative estimate of drug-likeness (QED) is 0.556. The molecule has 1 heterocycles. The maximum atomic E-state index is 10.6. The predicted molar refractivity (Wildman–Crippen MR) is 46.5 cm³/mol. The predicted octanol–water partition coefficient (Wildman–Crippen LogP) is 0.321. The van der Waals surface area contributed by atoms with Gasteiger partial charge in [0.05, 0.1) is 12.7 Å². The summed E-state index contributed by atoms with van der Waals surface area (Å²) in [6, 6.07) is 1.18. The molecule has 0 aliphatic rings. The molecule has 6 nitrogen and oxygen atoms in total. The van der Waals surface area contributed by atoms with E-state index in [-0.39, 0.29) is 18.1 Å². The number of carbonyl (C=O) groups is 1. The lowest BCUT2D eigenvalue weighted by Gasteiger charge is -1.93. The normalized spacial score (nSPS) is 11.3. The third-order valence-electron chi connectivity index (χ3n) is 1.09. The van der Waals surface area contributed by atoms with Crippen LogP contribution in [-0.4, -0.2) is 25.1 Å². The number of nitrogens with zero attached hydrogens (tertiary/aromatic N) is 1. The SMILES string of the molecule is CS(=O)(=O)Oc1cc(CC(=O)Cl)on1. The van der Waals surface area contributed by atoms with E-state index in [1.54, 1.807) is 0 Å². The van der Waals surface area contributed by atoms with Crippen molar-refractivity contribution in [1.82, 2.24) is 5.16 Å². The number of hydrogen-bond donors (Lipinski definition) is 0. The lowest BCUT2D eigenvalue weighted by atomic mass is 10.3. The zero-order valence-electron chi connectivity index (χ0n) is 7.06. The average Bonchev–Trinajstić information content (AvgIpc) is 2.30. The smallest absolute Gasteiger partial charge is 0.307 e. The topological polar surface area (TPSA) is 86.5 Å². The average molecular weight is 240 g/mol. The minimum atomic E-state index is -3.63. The number of aromatic nitrogens is 1. The summed E-state index contributed by atoms with van der Waals surface area (Å²) >= 11 is 5.07. The van der Waals surface area contributed by atoms with Gasteiger partial charge in [-0.15, -0.1) is 0 Å². The van der Waals surface area contributed by atoms with Crippen molar-refractivity contribution < 1.29 is 21.9 Å². The molecule has 0 aliphatic heterocycles. The monoisotopic (exact) mass is 239 g/mol. The van der Waals surface area contributed by atoms with Crippen LogP contribution in [0.4, 0.5) is 0 Å². The van der Waals surface area contributed by atoms with E-state index in [4.69, 9.17) is 11.6 Å². The van der Waals surface area contributed by atoms with E-state index in [0.29, 0.717) is 0 Å². The van der Waals surface area contributed by atoms with E-state index in [1.807, 2.05) is 0 Å². The van der Waals surface area contributed by atoms with E-state index in [9.17, 15) is 13.2 Å². The standard InChI is InChI=1S/C6H6ClNO5S/c1-14(10,11)13-6-3-4(12-8-6)2-5(7)9/h3H,2H2,1H3. The van der Waals surface area contributed by atoms with Crippen molar-refractivity contribution in [2.24, 2.45) is 0 Å². The minimum Gasteiger partial charge on any atom is -0.358 e.